The zero-order valence-corrected chi connectivity index (χ0v) is 11.7. The summed E-state index contributed by atoms with van der Waals surface area (Å²) < 4.78 is 5.26. The minimum Gasteiger partial charge on any atom is -0.497 e. The molecule has 0 aliphatic heterocycles. The van der Waals surface area contributed by atoms with Gasteiger partial charge in [0.05, 0.1) is 7.11 Å². The molecule has 1 nitrogen and oxygen atoms in total. The van der Waals surface area contributed by atoms with Crippen LogP contribution in [0, 0.1) is 0 Å². The van der Waals surface area contributed by atoms with Crippen molar-refractivity contribution in [2.75, 3.05) is 7.11 Å². The topological polar surface area (TPSA) is 9.23 Å². The summed E-state index contributed by atoms with van der Waals surface area (Å²) in [6, 6.07) is 23.5. The van der Waals surface area contributed by atoms with Gasteiger partial charge in [-0.3, -0.25) is 0 Å². The lowest BCUT2D eigenvalue weighted by Gasteiger charge is -2.06. The average molecular weight is 262 g/mol. The number of methoxy groups -OCH3 is 1. The van der Waals surface area contributed by atoms with Gasteiger partial charge in [-0.05, 0) is 46.9 Å². The Bertz CT molecular complexity index is 716. The van der Waals surface area contributed by atoms with Crippen molar-refractivity contribution in [3.63, 3.8) is 0 Å². The van der Waals surface area contributed by atoms with E-state index in [1.54, 1.807) is 7.11 Å². The van der Waals surface area contributed by atoms with E-state index in [9.17, 15) is 0 Å². The van der Waals surface area contributed by atoms with Gasteiger partial charge in [0.15, 0.2) is 0 Å². The van der Waals surface area contributed by atoms with Gasteiger partial charge in [-0.2, -0.15) is 0 Å². The van der Waals surface area contributed by atoms with Crippen LogP contribution < -0.4 is 4.74 Å². The van der Waals surface area contributed by atoms with Gasteiger partial charge in [0.2, 0.25) is 0 Å². The van der Waals surface area contributed by atoms with Crippen molar-refractivity contribution in [3.05, 3.63) is 77.9 Å². The van der Waals surface area contributed by atoms with Crippen LogP contribution in [0.3, 0.4) is 0 Å². The predicted molar refractivity (Wildman–Crippen MR) is 84.4 cm³/mol. The summed E-state index contributed by atoms with van der Waals surface area (Å²) in [5.74, 6) is 0.931. The maximum absolute atomic E-state index is 5.26. The van der Waals surface area contributed by atoms with E-state index in [1.807, 2.05) is 6.07 Å². The lowest BCUT2D eigenvalue weighted by Crippen LogP contribution is -1.92. The van der Waals surface area contributed by atoms with Gasteiger partial charge >= 0.3 is 0 Å². The summed E-state index contributed by atoms with van der Waals surface area (Å²) in [6.45, 7) is 0. The highest BCUT2D eigenvalue weighted by Crippen LogP contribution is 2.18. The Kier molecular flexibility index (Phi) is 3.69. The third-order valence-corrected chi connectivity index (χ3v) is 3.65. The highest BCUT2D eigenvalue weighted by molar-refractivity contribution is 5.82. The summed E-state index contributed by atoms with van der Waals surface area (Å²) in [5.41, 5.74) is 2.70. The molecule has 0 amide bonds. The van der Waals surface area contributed by atoms with Crippen LogP contribution in [0.15, 0.2) is 66.7 Å². The number of hydrogen-bond acceptors (Lipinski definition) is 1. The van der Waals surface area contributed by atoms with E-state index in [4.69, 9.17) is 4.74 Å². The zero-order chi connectivity index (χ0) is 13.8. The van der Waals surface area contributed by atoms with E-state index in [0.717, 1.165) is 18.6 Å². The van der Waals surface area contributed by atoms with Crippen LogP contribution in [0.2, 0.25) is 0 Å². The summed E-state index contributed by atoms with van der Waals surface area (Å²) in [5, 5.41) is 2.62. The minimum absolute atomic E-state index is 0.931. The van der Waals surface area contributed by atoms with E-state index in [1.165, 1.54) is 21.9 Å². The molecule has 0 aromatic heterocycles. The van der Waals surface area contributed by atoms with Crippen LogP contribution in [-0.4, -0.2) is 7.11 Å². The van der Waals surface area contributed by atoms with Crippen molar-refractivity contribution in [2.45, 2.75) is 12.8 Å². The fraction of sp³-hybridized carbons (Fsp3) is 0.158. The maximum atomic E-state index is 5.26. The summed E-state index contributed by atoms with van der Waals surface area (Å²) >= 11 is 0. The molecule has 0 saturated carbocycles. The molecular formula is C19H18O. The maximum Gasteiger partial charge on any atom is 0.119 e. The second-order valence-corrected chi connectivity index (χ2v) is 5.03. The molecule has 3 aromatic rings. The van der Waals surface area contributed by atoms with Crippen LogP contribution in [0.5, 0.6) is 5.75 Å². The first-order valence-corrected chi connectivity index (χ1v) is 6.96. The molecule has 0 aliphatic carbocycles. The monoisotopic (exact) mass is 262 g/mol. The lowest BCUT2D eigenvalue weighted by molar-refractivity contribution is 0.414. The van der Waals surface area contributed by atoms with Crippen LogP contribution >= 0.6 is 0 Å². The Labute approximate surface area is 119 Å². The number of hydrogen-bond donors (Lipinski definition) is 0. The Morgan fingerprint density at radius 3 is 2.25 bits per heavy atom. The van der Waals surface area contributed by atoms with Crippen molar-refractivity contribution in [1.29, 1.82) is 0 Å². The molecule has 1 heteroatoms. The second-order valence-electron chi connectivity index (χ2n) is 5.03. The van der Waals surface area contributed by atoms with Gasteiger partial charge in [0.1, 0.15) is 5.75 Å². The molecule has 3 rings (SSSR count). The van der Waals surface area contributed by atoms with Crippen LogP contribution in [-0.2, 0) is 12.8 Å². The standard InChI is InChI=1S/C19H18O/c1-20-19-8-4-5-15(14-19)9-10-16-11-12-17-6-2-3-7-18(17)13-16/h2-8,11-14H,9-10H2,1H3. The normalized spacial score (nSPS) is 10.7. The average Bonchev–Trinajstić information content (AvgIpc) is 2.53. The molecule has 0 radical (unpaired) electrons. The molecular weight excluding hydrogens is 244 g/mol. The van der Waals surface area contributed by atoms with Gasteiger partial charge in [-0.15, -0.1) is 0 Å². The molecule has 20 heavy (non-hydrogen) atoms. The number of rotatable bonds is 4. The van der Waals surface area contributed by atoms with Gasteiger partial charge < -0.3 is 4.74 Å². The summed E-state index contributed by atoms with van der Waals surface area (Å²) in [6.07, 6.45) is 2.09. The summed E-state index contributed by atoms with van der Waals surface area (Å²) in [7, 11) is 1.71. The Balaban J connectivity index is 1.76. The number of ether oxygens (including phenoxy) is 1. The molecule has 0 spiro atoms. The Morgan fingerprint density at radius 1 is 0.700 bits per heavy atom. The molecule has 100 valence electrons. The molecule has 0 atom stereocenters. The van der Waals surface area contributed by atoms with E-state index in [-0.39, 0.29) is 0 Å². The van der Waals surface area contributed by atoms with Gasteiger partial charge in [-0.25, -0.2) is 0 Å². The quantitative estimate of drug-likeness (QED) is 0.666. The highest BCUT2D eigenvalue weighted by Gasteiger charge is 1.99. The fourth-order valence-electron chi connectivity index (χ4n) is 2.51. The number of aryl methyl sites for hydroxylation is 2. The zero-order valence-electron chi connectivity index (χ0n) is 11.7. The highest BCUT2D eigenvalue weighted by atomic mass is 16.5. The summed E-state index contributed by atoms with van der Waals surface area (Å²) in [4.78, 5) is 0. The first kappa shape index (κ1) is 12.7. The third kappa shape index (κ3) is 2.83. The fourth-order valence-corrected chi connectivity index (χ4v) is 2.51. The molecule has 3 aromatic carbocycles. The molecule has 0 bridgehead atoms. The van der Waals surface area contributed by atoms with Gasteiger partial charge in [-0.1, -0.05) is 54.6 Å². The largest absolute Gasteiger partial charge is 0.497 e. The number of fused-ring (bicyclic) bond motifs is 1. The van der Waals surface area contributed by atoms with Crippen molar-refractivity contribution in [2.24, 2.45) is 0 Å². The van der Waals surface area contributed by atoms with Crippen LogP contribution in [0.25, 0.3) is 10.8 Å². The van der Waals surface area contributed by atoms with E-state index < -0.39 is 0 Å². The molecule has 0 unspecified atom stereocenters. The van der Waals surface area contributed by atoms with Crippen molar-refractivity contribution in [1.82, 2.24) is 0 Å². The SMILES string of the molecule is COc1cccc(CCc2ccc3ccccc3c2)c1. The minimum atomic E-state index is 0.931. The lowest BCUT2D eigenvalue weighted by atomic mass is 10.0. The van der Waals surface area contributed by atoms with E-state index >= 15 is 0 Å². The third-order valence-electron chi connectivity index (χ3n) is 3.65. The van der Waals surface area contributed by atoms with E-state index in [0.29, 0.717) is 0 Å². The van der Waals surface area contributed by atoms with Gasteiger partial charge in [0.25, 0.3) is 0 Å². The molecule has 0 N–H and O–H groups in total. The van der Waals surface area contributed by atoms with Crippen molar-refractivity contribution >= 4 is 10.8 Å². The first-order chi connectivity index (χ1) is 9.85. The Morgan fingerprint density at radius 2 is 1.45 bits per heavy atom. The van der Waals surface area contributed by atoms with E-state index in [2.05, 4.69) is 60.7 Å². The molecule has 0 saturated heterocycles. The van der Waals surface area contributed by atoms with Crippen molar-refractivity contribution < 1.29 is 4.74 Å². The van der Waals surface area contributed by atoms with Crippen LogP contribution in [0.1, 0.15) is 11.1 Å². The molecule has 0 fully saturated rings. The van der Waals surface area contributed by atoms with Crippen LogP contribution in [0.4, 0.5) is 0 Å². The Hall–Kier alpha value is -2.28. The predicted octanol–water partition coefficient (Wildman–Crippen LogP) is 4.63. The van der Waals surface area contributed by atoms with Gasteiger partial charge in [0, 0.05) is 0 Å². The molecule has 0 heterocycles. The van der Waals surface area contributed by atoms with Crippen molar-refractivity contribution in [3.8, 4) is 5.75 Å². The molecule has 0 aliphatic rings. The second kappa shape index (κ2) is 5.79. The number of benzene rings is 3. The smallest absolute Gasteiger partial charge is 0.119 e. The first-order valence-electron chi connectivity index (χ1n) is 6.96.